The van der Waals surface area contributed by atoms with Gasteiger partial charge >= 0.3 is 6.18 Å². The van der Waals surface area contributed by atoms with Gasteiger partial charge < -0.3 is 0 Å². The minimum absolute atomic E-state index is 0.319. The monoisotopic (exact) mass is 428 g/mol. The number of hydrogen-bond acceptors (Lipinski definition) is 0. The van der Waals surface area contributed by atoms with Crippen LogP contribution >= 0.6 is 0 Å². The summed E-state index contributed by atoms with van der Waals surface area (Å²) >= 11 is 0. The van der Waals surface area contributed by atoms with E-state index >= 15 is 0 Å². The van der Waals surface area contributed by atoms with E-state index in [1.165, 1.54) is 44.9 Å². The van der Waals surface area contributed by atoms with E-state index in [9.17, 15) is 22.0 Å². The van der Waals surface area contributed by atoms with Gasteiger partial charge in [0.2, 0.25) is 0 Å². The molecule has 0 aliphatic heterocycles. The predicted octanol–water partition coefficient (Wildman–Crippen LogP) is 8.50. The average Bonchev–Trinajstić information content (AvgIpc) is 2.70. The zero-order chi connectivity index (χ0) is 21.7. The second-order valence-corrected chi connectivity index (χ2v) is 9.34. The molecule has 0 N–H and O–H groups in total. The molecule has 1 aromatic rings. The molecule has 2 fully saturated rings. The number of benzene rings is 1. The first-order valence-corrected chi connectivity index (χ1v) is 11.4. The van der Waals surface area contributed by atoms with Crippen molar-refractivity contribution < 1.29 is 22.0 Å². The molecule has 0 saturated heterocycles. The molecule has 2 aliphatic carbocycles. The first-order valence-electron chi connectivity index (χ1n) is 11.4. The Hall–Kier alpha value is -1.39. The van der Waals surface area contributed by atoms with E-state index in [-0.39, 0.29) is 0 Å². The molecule has 0 nitrogen and oxygen atoms in total. The summed E-state index contributed by atoms with van der Waals surface area (Å²) in [6, 6.07) is 1.70. The van der Waals surface area contributed by atoms with Gasteiger partial charge in [0, 0.05) is 0 Å². The van der Waals surface area contributed by atoms with E-state index < -0.39 is 23.4 Å². The van der Waals surface area contributed by atoms with E-state index in [1.54, 1.807) is 0 Å². The van der Waals surface area contributed by atoms with Crippen molar-refractivity contribution >= 4 is 0 Å². The molecule has 0 bridgehead atoms. The Balaban J connectivity index is 1.44. The normalized spacial score (nSPS) is 28.2. The molecular weight excluding hydrogens is 395 g/mol. The maximum absolute atomic E-state index is 13.8. The molecule has 2 aliphatic rings. The Morgan fingerprint density at radius 1 is 0.833 bits per heavy atom. The molecule has 0 heterocycles. The van der Waals surface area contributed by atoms with Gasteiger partial charge in [0.15, 0.2) is 0 Å². The van der Waals surface area contributed by atoms with Crippen LogP contribution in [0.2, 0.25) is 0 Å². The summed E-state index contributed by atoms with van der Waals surface area (Å²) in [6.07, 6.45) is 11.8. The van der Waals surface area contributed by atoms with Crippen molar-refractivity contribution in [2.45, 2.75) is 83.7 Å². The van der Waals surface area contributed by atoms with Gasteiger partial charge in [0.25, 0.3) is 0 Å². The second-order valence-electron chi connectivity index (χ2n) is 9.34. The van der Waals surface area contributed by atoms with Crippen LogP contribution in [0.3, 0.4) is 0 Å². The van der Waals surface area contributed by atoms with E-state index in [4.69, 9.17) is 0 Å². The zero-order valence-electron chi connectivity index (χ0n) is 17.8. The van der Waals surface area contributed by atoms with Crippen molar-refractivity contribution in [3.05, 3.63) is 47.0 Å². The highest BCUT2D eigenvalue weighted by Crippen LogP contribution is 2.43. The molecule has 0 aromatic heterocycles. The Labute approximate surface area is 176 Å². The fourth-order valence-corrected chi connectivity index (χ4v) is 5.58. The highest BCUT2D eigenvalue weighted by atomic mass is 19.4. The van der Waals surface area contributed by atoms with E-state index in [0.717, 1.165) is 49.1 Å². The van der Waals surface area contributed by atoms with Gasteiger partial charge in [-0.05, 0) is 106 Å². The van der Waals surface area contributed by atoms with Gasteiger partial charge in [-0.15, -0.1) is 0 Å². The molecule has 0 amide bonds. The summed E-state index contributed by atoms with van der Waals surface area (Å²) in [5, 5.41) is 0. The van der Waals surface area contributed by atoms with Crippen LogP contribution < -0.4 is 0 Å². The lowest BCUT2D eigenvalue weighted by Gasteiger charge is -2.37. The zero-order valence-corrected chi connectivity index (χ0v) is 17.8. The number of allylic oxidation sites excluding steroid dienone is 2. The van der Waals surface area contributed by atoms with Crippen LogP contribution in [0.5, 0.6) is 0 Å². The van der Waals surface area contributed by atoms with E-state index in [2.05, 4.69) is 19.1 Å². The topological polar surface area (TPSA) is 0 Å². The number of hydrogen-bond donors (Lipinski definition) is 0. The van der Waals surface area contributed by atoms with Crippen molar-refractivity contribution in [1.29, 1.82) is 0 Å². The standard InChI is InChI=1S/C25H33F5/c1-2-3-4-17-7-11-20(12-8-17)21-13-9-18(10-14-21)5-6-19-15-22(26)24(23(27)16-19)25(28,29)30/h2-3,15-18,20-21H,4-14H2,1H3/b3-2+/t17-,18-,20-,21-. The lowest BCUT2D eigenvalue weighted by atomic mass is 9.68. The molecule has 5 heteroatoms. The third kappa shape index (κ3) is 6.07. The summed E-state index contributed by atoms with van der Waals surface area (Å²) < 4.78 is 65.6. The molecule has 30 heavy (non-hydrogen) atoms. The van der Waals surface area contributed by atoms with Gasteiger partial charge in [0.1, 0.15) is 17.2 Å². The van der Waals surface area contributed by atoms with Crippen LogP contribution in [0.15, 0.2) is 24.3 Å². The number of halogens is 5. The van der Waals surface area contributed by atoms with Crippen LogP contribution in [-0.2, 0) is 12.6 Å². The summed E-state index contributed by atoms with van der Waals surface area (Å²) in [5.74, 6) is -0.0349. The molecule has 0 atom stereocenters. The van der Waals surface area contributed by atoms with Crippen LogP contribution in [0.25, 0.3) is 0 Å². The number of alkyl halides is 3. The van der Waals surface area contributed by atoms with Gasteiger partial charge in [-0.3, -0.25) is 0 Å². The largest absolute Gasteiger partial charge is 0.422 e. The first-order chi connectivity index (χ1) is 14.3. The van der Waals surface area contributed by atoms with Gasteiger partial charge in [-0.1, -0.05) is 25.0 Å². The Morgan fingerprint density at radius 2 is 1.33 bits per heavy atom. The molecule has 1 aromatic carbocycles. The third-order valence-electron chi connectivity index (χ3n) is 7.38. The molecule has 0 unspecified atom stereocenters. The second kappa shape index (κ2) is 10.3. The minimum Gasteiger partial charge on any atom is -0.206 e. The maximum atomic E-state index is 13.8. The number of aryl methyl sites for hydroxylation is 1. The van der Waals surface area contributed by atoms with Gasteiger partial charge in [0.05, 0.1) is 0 Å². The van der Waals surface area contributed by atoms with E-state index in [1.807, 2.05) is 0 Å². The first kappa shape index (κ1) is 23.3. The summed E-state index contributed by atoms with van der Waals surface area (Å²) in [5.41, 5.74) is -1.47. The Morgan fingerprint density at radius 3 is 1.80 bits per heavy atom. The van der Waals surface area contributed by atoms with Crippen LogP contribution in [0.4, 0.5) is 22.0 Å². The van der Waals surface area contributed by atoms with Gasteiger partial charge in [-0.2, -0.15) is 13.2 Å². The highest BCUT2D eigenvalue weighted by Gasteiger charge is 2.38. The summed E-state index contributed by atoms with van der Waals surface area (Å²) in [6.45, 7) is 2.08. The third-order valence-corrected chi connectivity index (χ3v) is 7.38. The highest BCUT2D eigenvalue weighted by molar-refractivity contribution is 5.28. The quantitative estimate of drug-likeness (QED) is 0.315. The minimum atomic E-state index is -5.00. The average molecular weight is 429 g/mol. The van der Waals surface area contributed by atoms with E-state index in [0.29, 0.717) is 17.9 Å². The summed E-state index contributed by atoms with van der Waals surface area (Å²) in [4.78, 5) is 0. The number of rotatable bonds is 6. The van der Waals surface area contributed by atoms with Crippen molar-refractivity contribution in [3.8, 4) is 0 Å². The predicted molar refractivity (Wildman–Crippen MR) is 110 cm³/mol. The molecule has 0 radical (unpaired) electrons. The van der Waals surface area contributed by atoms with Crippen molar-refractivity contribution in [1.82, 2.24) is 0 Å². The van der Waals surface area contributed by atoms with Crippen LogP contribution in [0, 0.1) is 35.3 Å². The Bertz CT molecular complexity index is 682. The van der Waals surface area contributed by atoms with Crippen LogP contribution in [-0.4, -0.2) is 0 Å². The lowest BCUT2D eigenvalue weighted by Crippen LogP contribution is -2.26. The lowest BCUT2D eigenvalue weighted by molar-refractivity contribution is -0.142. The summed E-state index contributed by atoms with van der Waals surface area (Å²) in [7, 11) is 0. The van der Waals surface area contributed by atoms with Gasteiger partial charge in [-0.25, -0.2) is 8.78 Å². The maximum Gasteiger partial charge on any atom is 0.422 e. The van der Waals surface area contributed by atoms with Crippen LogP contribution in [0.1, 0.15) is 82.3 Å². The smallest absolute Gasteiger partial charge is 0.206 e. The molecule has 168 valence electrons. The molecule has 0 spiro atoms. The molecular formula is C25H33F5. The molecule has 2 saturated carbocycles. The fraction of sp³-hybridized carbons (Fsp3) is 0.680. The van der Waals surface area contributed by atoms with Crippen molar-refractivity contribution in [3.63, 3.8) is 0 Å². The molecule has 3 rings (SSSR count). The SMILES string of the molecule is C/C=C/C[C@H]1CC[C@H]([C@H]2CC[C@H](CCc3cc(F)c(C(F)(F)F)c(F)c3)CC2)CC1. The Kier molecular flexibility index (Phi) is 7.98. The fourth-order valence-electron chi connectivity index (χ4n) is 5.58. The van der Waals surface area contributed by atoms with Crippen molar-refractivity contribution in [2.75, 3.05) is 0 Å². The van der Waals surface area contributed by atoms with Crippen molar-refractivity contribution in [2.24, 2.45) is 23.7 Å².